The van der Waals surface area contributed by atoms with Crippen molar-refractivity contribution in [2.45, 2.75) is 13.0 Å². The molecule has 0 bridgehead atoms. The average Bonchev–Trinajstić information content (AvgIpc) is 2.78. The lowest BCUT2D eigenvalue weighted by atomic mass is 10.2. The number of aromatic amines is 1. The van der Waals surface area contributed by atoms with Crippen LogP contribution in [-0.4, -0.2) is 22.0 Å². The van der Waals surface area contributed by atoms with Crippen LogP contribution in [0.2, 0.25) is 0 Å². The summed E-state index contributed by atoms with van der Waals surface area (Å²) in [5.74, 6) is 0.931. The summed E-state index contributed by atoms with van der Waals surface area (Å²) in [6.07, 6.45) is 3.64. The van der Waals surface area contributed by atoms with E-state index < -0.39 is 0 Å². The van der Waals surface area contributed by atoms with Gasteiger partial charge in [-0.15, -0.1) is 0 Å². The van der Waals surface area contributed by atoms with E-state index in [1.54, 1.807) is 0 Å². The SMILES string of the molecule is CN[C@@H](C)c1ncc(-c2ccc(Br)nc2)[nH]1. The molecular weight excluding hydrogens is 268 g/mol. The molecule has 2 heterocycles. The molecule has 0 saturated heterocycles. The van der Waals surface area contributed by atoms with Crippen molar-refractivity contribution in [3.8, 4) is 11.3 Å². The fraction of sp³-hybridized carbons (Fsp3) is 0.273. The van der Waals surface area contributed by atoms with E-state index in [-0.39, 0.29) is 6.04 Å². The summed E-state index contributed by atoms with van der Waals surface area (Å²) in [4.78, 5) is 11.8. The Hall–Kier alpha value is -1.20. The number of aromatic nitrogens is 3. The fourth-order valence-electron chi connectivity index (χ4n) is 1.38. The Morgan fingerprint density at radius 2 is 2.12 bits per heavy atom. The number of pyridine rings is 1. The number of nitrogens with one attached hydrogen (secondary N) is 2. The van der Waals surface area contributed by atoms with Crippen LogP contribution in [0.25, 0.3) is 11.3 Å². The van der Waals surface area contributed by atoms with E-state index in [9.17, 15) is 0 Å². The van der Waals surface area contributed by atoms with E-state index in [1.165, 1.54) is 0 Å². The second-order valence-electron chi connectivity index (χ2n) is 3.56. The molecular formula is C11H13BrN4. The van der Waals surface area contributed by atoms with Crippen molar-refractivity contribution < 1.29 is 0 Å². The third-order valence-electron chi connectivity index (χ3n) is 2.48. The third-order valence-corrected chi connectivity index (χ3v) is 2.95. The first-order valence-electron chi connectivity index (χ1n) is 5.05. The van der Waals surface area contributed by atoms with Crippen LogP contribution in [0, 0.1) is 0 Å². The van der Waals surface area contributed by atoms with Crippen LogP contribution >= 0.6 is 15.9 Å². The maximum Gasteiger partial charge on any atom is 0.123 e. The normalized spacial score (nSPS) is 12.7. The second kappa shape index (κ2) is 4.76. The monoisotopic (exact) mass is 280 g/mol. The van der Waals surface area contributed by atoms with Gasteiger partial charge in [-0.25, -0.2) is 9.97 Å². The predicted molar refractivity (Wildman–Crippen MR) is 67.0 cm³/mol. The summed E-state index contributed by atoms with van der Waals surface area (Å²) in [7, 11) is 1.91. The van der Waals surface area contributed by atoms with Gasteiger partial charge in [0.05, 0.1) is 17.9 Å². The summed E-state index contributed by atoms with van der Waals surface area (Å²) in [6, 6.07) is 4.13. The van der Waals surface area contributed by atoms with E-state index in [2.05, 4.69) is 43.1 Å². The minimum Gasteiger partial charge on any atom is -0.341 e. The van der Waals surface area contributed by atoms with E-state index in [0.29, 0.717) is 0 Å². The molecule has 2 N–H and O–H groups in total. The first-order valence-corrected chi connectivity index (χ1v) is 5.84. The maximum atomic E-state index is 4.33. The van der Waals surface area contributed by atoms with Gasteiger partial charge < -0.3 is 10.3 Å². The molecule has 0 aliphatic heterocycles. The fourth-order valence-corrected chi connectivity index (χ4v) is 1.61. The Kier molecular flexibility index (Phi) is 3.36. The zero-order chi connectivity index (χ0) is 11.5. The highest BCUT2D eigenvalue weighted by Gasteiger charge is 2.08. The van der Waals surface area contributed by atoms with Crippen LogP contribution in [0.4, 0.5) is 0 Å². The lowest BCUT2D eigenvalue weighted by Crippen LogP contribution is -2.13. The van der Waals surface area contributed by atoms with Crippen LogP contribution in [0.3, 0.4) is 0 Å². The quantitative estimate of drug-likeness (QED) is 0.850. The van der Waals surface area contributed by atoms with Gasteiger partial charge in [0.25, 0.3) is 0 Å². The summed E-state index contributed by atoms with van der Waals surface area (Å²) < 4.78 is 0.833. The van der Waals surface area contributed by atoms with Crippen molar-refractivity contribution in [1.29, 1.82) is 0 Å². The number of halogens is 1. The number of H-pyrrole nitrogens is 1. The van der Waals surface area contributed by atoms with Crippen LogP contribution in [0.15, 0.2) is 29.1 Å². The van der Waals surface area contributed by atoms with Crippen LogP contribution in [-0.2, 0) is 0 Å². The highest BCUT2D eigenvalue weighted by molar-refractivity contribution is 9.10. The van der Waals surface area contributed by atoms with Gasteiger partial charge in [-0.1, -0.05) is 0 Å². The number of imidazole rings is 1. The second-order valence-corrected chi connectivity index (χ2v) is 4.37. The molecule has 0 spiro atoms. The van der Waals surface area contributed by atoms with Gasteiger partial charge in [-0.05, 0) is 42.0 Å². The minimum atomic E-state index is 0.220. The molecule has 0 saturated carbocycles. The van der Waals surface area contributed by atoms with Gasteiger partial charge in [-0.3, -0.25) is 0 Å². The molecule has 84 valence electrons. The van der Waals surface area contributed by atoms with E-state index in [4.69, 9.17) is 0 Å². The molecule has 0 radical (unpaired) electrons. The molecule has 0 aromatic carbocycles. The molecule has 4 nitrogen and oxygen atoms in total. The average molecular weight is 281 g/mol. The topological polar surface area (TPSA) is 53.6 Å². The van der Waals surface area contributed by atoms with Gasteiger partial charge in [0.1, 0.15) is 10.4 Å². The first-order chi connectivity index (χ1) is 7.70. The Bertz CT molecular complexity index is 463. The molecule has 0 aliphatic carbocycles. The zero-order valence-electron chi connectivity index (χ0n) is 9.16. The molecule has 0 aliphatic rings. The summed E-state index contributed by atoms with van der Waals surface area (Å²) in [5, 5.41) is 3.14. The van der Waals surface area contributed by atoms with E-state index in [0.717, 1.165) is 21.7 Å². The molecule has 16 heavy (non-hydrogen) atoms. The molecule has 2 rings (SSSR count). The minimum absolute atomic E-state index is 0.220. The van der Waals surface area contributed by atoms with Gasteiger partial charge in [0, 0.05) is 11.8 Å². The van der Waals surface area contributed by atoms with Crippen molar-refractivity contribution in [3.05, 3.63) is 35.0 Å². The van der Waals surface area contributed by atoms with Crippen molar-refractivity contribution in [1.82, 2.24) is 20.3 Å². The smallest absolute Gasteiger partial charge is 0.123 e. The van der Waals surface area contributed by atoms with E-state index >= 15 is 0 Å². The molecule has 0 amide bonds. The zero-order valence-corrected chi connectivity index (χ0v) is 10.7. The van der Waals surface area contributed by atoms with Gasteiger partial charge >= 0.3 is 0 Å². The first kappa shape index (κ1) is 11.3. The highest BCUT2D eigenvalue weighted by Crippen LogP contribution is 2.19. The Balaban J connectivity index is 2.28. The summed E-state index contributed by atoms with van der Waals surface area (Å²) >= 11 is 3.31. The lowest BCUT2D eigenvalue weighted by Gasteiger charge is -2.05. The maximum absolute atomic E-state index is 4.33. The number of rotatable bonds is 3. The van der Waals surface area contributed by atoms with Gasteiger partial charge in [0.15, 0.2) is 0 Å². The molecule has 1 atom stereocenters. The standard InChI is InChI=1S/C11H13BrN4/c1-7(13-2)11-15-6-9(16-11)8-3-4-10(12)14-5-8/h3-7,13H,1-2H3,(H,15,16)/t7-/m0/s1. The number of hydrogen-bond donors (Lipinski definition) is 2. The largest absolute Gasteiger partial charge is 0.341 e. The van der Waals surface area contributed by atoms with Crippen molar-refractivity contribution in [2.75, 3.05) is 7.05 Å². The molecule has 0 unspecified atom stereocenters. The third kappa shape index (κ3) is 2.31. The van der Waals surface area contributed by atoms with Crippen molar-refractivity contribution in [2.24, 2.45) is 0 Å². The lowest BCUT2D eigenvalue weighted by molar-refractivity contribution is 0.618. The summed E-state index contributed by atoms with van der Waals surface area (Å²) in [6.45, 7) is 2.06. The Morgan fingerprint density at radius 1 is 1.31 bits per heavy atom. The number of nitrogens with zero attached hydrogens (tertiary/aromatic N) is 2. The van der Waals surface area contributed by atoms with E-state index in [1.807, 2.05) is 31.6 Å². The van der Waals surface area contributed by atoms with Crippen LogP contribution in [0.1, 0.15) is 18.8 Å². The predicted octanol–water partition coefficient (Wildman–Crippen LogP) is 2.51. The molecule has 5 heteroatoms. The van der Waals surface area contributed by atoms with Crippen molar-refractivity contribution >= 4 is 15.9 Å². The molecule has 2 aromatic rings. The highest BCUT2D eigenvalue weighted by atomic mass is 79.9. The van der Waals surface area contributed by atoms with Gasteiger partial charge in [-0.2, -0.15) is 0 Å². The van der Waals surface area contributed by atoms with Crippen molar-refractivity contribution in [3.63, 3.8) is 0 Å². The molecule has 0 fully saturated rings. The Labute approximate surface area is 103 Å². The Morgan fingerprint density at radius 3 is 2.75 bits per heavy atom. The number of hydrogen-bond acceptors (Lipinski definition) is 3. The summed E-state index contributed by atoms with van der Waals surface area (Å²) in [5.41, 5.74) is 2.02. The molecule has 2 aromatic heterocycles. The van der Waals surface area contributed by atoms with Crippen LogP contribution in [0.5, 0.6) is 0 Å². The van der Waals surface area contributed by atoms with Gasteiger partial charge in [0.2, 0.25) is 0 Å². The van der Waals surface area contributed by atoms with Crippen LogP contribution < -0.4 is 5.32 Å².